The van der Waals surface area contributed by atoms with Gasteiger partial charge in [0.2, 0.25) is 5.13 Å². The zero-order chi connectivity index (χ0) is 9.42. The highest BCUT2D eigenvalue weighted by Gasteiger charge is 2.39. The first-order valence-corrected chi connectivity index (χ1v) is 4.17. The molecule has 1 saturated heterocycles. The summed E-state index contributed by atoms with van der Waals surface area (Å²) in [6.07, 6.45) is 1.45. The number of amides is 4. The second-order valence-electron chi connectivity index (χ2n) is 2.21. The van der Waals surface area contributed by atoms with Crippen molar-refractivity contribution < 1.29 is 14.4 Å². The van der Waals surface area contributed by atoms with Crippen molar-refractivity contribution in [1.29, 1.82) is 0 Å². The Bertz CT molecular complexity index is 386. The van der Waals surface area contributed by atoms with Crippen molar-refractivity contribution in [3.63, 3.8) is 0 Å². The Morgan fingerprint density at radius 1 is 1.38 bits per heavy atom. The lowest BCUT2D eigenvalue weighted by molar-refractivity contribution is -0.134. The minimum absolute atomic E-state index is 0.202. The SMILES string of the molecule is O=C1NC(=O)N(c2nccs2)C1=O. The molecular formula is C6H3N3O3S. The highest BCUT2D eigenvalue weighted by molar-refractivity contribution is 7.14. The molecule has 1 aliphatic rings. The van der Waals surface area contributed by atoms with Crippen LogP contribution in [0.5, 0.6) is 0 Å². The number of carbonyl (C=O) groups is 3. The van der Waals surface area contributed by atoms with E-state index in [0.29, 0.717) is 4.90 Å². The van der Waals surface area contributed by atoms with Gasteiger partial charge in [0.1, 0.15) is 0 Å². The van der Waals surface area contributed by atoms with Crippen LogP contribution in [0, 0.1) is 0 Å². The van der Waals surface area contributed by atoms with Gasteiger partial charge in [-0.05, 0) is 0 Å². The number of anilines is 1. The summed E-state index contributed by atoms with van der Waals surface area (Å²) in [5.74, 6) is -1.81. The summed E-state index contributed by atoms with van der Waals surface area (Å²) in [7, 11) is 0. The monoisotopic (exact) mass is 197 g/mol. The van der Waals surface area contributed by atoms with Crippen molar-refractivity contribution in [2.75, 3.05) is 4.90 Å². The molecule has 1 N–H and O–H groups in total. The van der Waals surface area contributed by atoms with Gasteiger partial charge in [-0.1, -0.05) is 0 Å². The van der Waals surface area contributed by atoms with Gasteiger partial charge < -0.3 is 0 Å². The summed E-state index contributed by atoms with van der Waals surface area (Å²) in [6.45, 7) is 0. The predicted octanol–water partition coefficient (Wildman–Crippen LogP) is -0.274. The summed E-state index contributed by atoms with van der Waals surface area (Å²) in [6, 6.07) is -0.745. The molecule has 0 unspecified atom stereocenters. The molecule has 1 aromatic rings. The van der Waals surface area contributed by atoms with E-state index in [4.69, 9.17) is 0 Å². The number of urea groups is 1. The number of aromatic nitrogens is 1. The van der Waals surface area contributed by atoms with Crippen molar-refractivity contribution in [3.8, 4) is 0 Å². The van der Waals surface area contributed by atoms with E-state index in [2.05, 4.69) is 4.98 Å². The summed E-state index contributed by atoms with van der Waals surface area (Å²) in [5, 5.41) is 3.68. The van der Waals surface area contributed by atoms with Crippen LogP contribution < -0.4 is 10.2 Å². The third kappa shape index (κ3) is 1.09. The molecule has 66 valence electrons. The first kappa shape index (κ1) is 7.87. The Morgan fingerprint density at radius 3 is 2.62 bits per heavy atom. The average Bonchev–Trinajstić information content (AvgIpc) is 2.63. The summed E-state index contributed by atoms with van der Waals surface area (Å²) in [5.41, 5.74) is 0. The van der Waals surface area contributed by atoms with Gasteiger partial charge in [0.15, 0.2) is 0 Å². The molecule has 0 bridgehead atoms. The van der Waals surface area contributed by atoms with Crippen LogP contribution in [0.1, 0.15) is 0 Å². The summed E-state index contributed by atoms with van der Waals surface area (Å²) < 4.78 is 0. The zero-order valence-electron chi connectivity index (χ0n) is 6.18. The second-order valence-corrected chi connectivity index (χ2v) is 3.09. The molecule has 0 saturated carbocycles. The number of hydrogen-bond acceptors (Lipinski definition) is 5. The number of carbonyl (C=O) groups excluding carboxylic acids is 3. The van der Waals surface area contributed by atoms with Crippen molar-refractivity contribution in [2.24, 2.45) is 0 Å². The highest BCUT2D eigenvalue weighted by atomic mass is 32.1. The fraction of sp³-hybridized carbons (Fsp3) is 0. The van der Waals surface area contributed by atoms with Crippen LogP contribution in [0.3, 0.4) is 0 Å². The Kier molecular flexibility index (Phi) is 1.59. The van der Waals surface area contributed by atoms with E-state index in [-0.39, 0.29) is 5.13 Å². The van der Waals surface area contributed by atoms with Gasteiger partial charge in [-0.25, -0.2) is 9.78 Å². The molecule has 0 radical (unpaired) electrons. The maximum Gasteiger partial charge on any atom is 0.338 e. The lowest BCUT2D eigenvalue weighted by Crippen LogP contribution is -2.30. The predicted molar refractivity (Wildman–Crippen MR) is 43.1 cm³/mol. The molecule has 0 atom stereocenters. The first-order valence-electron chi connectivity index (χ1n) is 3.29. The Balaban J connectivity index is 2.40. The van der Waals surface area contributed by atoms with Crippen LogP contribution in [0.15, 0.2) is 11.6 Å². The maximum absolute atomic E-state index is 11.1. The molecule has 2 heterocycles. The molecular weight excluding hydrogens is 194 g/mol. The van der Waals surface area contributed by atoms with E-state index in [9.17, 15) is 14.4 Å². The summed E-state index contributed by atoms with van der Waals surface area (Å²) in [4.78, 5) is 37.3. The van der Waals surface area contributed by atoms with Gasteiger partial charge in [-0.2, -0.15) is 4.90 Å². The number of hydrogen-bond donors (Lipinski definition) is 1. The van der Waals surface area contributed by atoms with Gasteiger partial charge in [0.25, 0.3) is 0 Å². The van der Waals surface area contributed by atoms with E-state index in [1.165, 1.54) is 6.20 Å². The van der Waals surface area contributed by atoms with Crippen LogP contribution in [0.4, 0.5) is 9.93 Å². The van der Waals surface area contributed by atoms with Crippen LogP contribution >= 0.6 is 11.3 Å². The normalized spacial score (nSPS) is 16.6. The molecule has 7 heteroatoms. The maximum atomic E-state index is 11.1. The Morgan fingerprint density at radius 2 is 2.15 bits per heavy atom. The molecule has 4 amide bonds. The van der Waals surface area contributed by atoms with Crippen LogP contribution in [0.2, 0.25) is 0 Å². The third-order valence-electron chi connectivity index (χ3n) is 1.43. The third-order valence-corrected chi connectivity index (χ3v) is 2.19. The van der Waals surface area contributed by atoms with Crippen molar-refractivity contribution in [2.45, 2.75) is 0 Å². The number of nitrogens with one attached hydrogen (secondary N) is 1. The van der Waals surface area contributed by atoms with E-state index >= 15 is 0 Å². The molecule has 0 spiro atoms. The smallest absolute Gasteiger partial charge is 0.269 e. The quantitative estimate of drug-likeness (QED) is 0.496. The van der Waals surface area contributed by atoms with Crippen LogP contribution in [0.25, 0.3) is 0 Å². The van der Waals surface area contributed by atoms with Crippen LogP contribution in [-0.2, 0) is 9.59 Å². The van der Waals surface area contributed by atoms with E-state index in [0.717, 1.165) is 11.3 Å². The van der Waals surface area contributed by atoms with Crippen LogP contribution in [-0.4, -0.2) is 22.8 Å². The van der Waals surface area contributed by atoms with Gasteiger partial charge >= 0.3 is 17.8 Å². The topological polar surface area (TPSA) is 79.4 Å². The molecule has 2 rings (SSSR count). The minimum atomic E-state index is -0.916. The number of rotatable bonds is 1. The van der Waals surface area contributed by atoms with Gasteiger partial charge in [-0.15, -0.1) is 11.3 Å². The average molecular weight is 197 g/mol. The van der Waals surface area contributed by atoms with E-state index < -0.39 is 17.8 Å². The fourth-order valence-corrected chi connectivity index (χ4v) is 1.54. The standard InChI is InChI=1S/C6H3N3O3S/c10-3-4(11)9(5(12)8-3)6-7-1-2-13-6/h1-2H,(H,8,10,12). The van der Waals surface area contributed by atoms with Gasteiger partial charge in [0.05, 0.1) is 0 Å². The number of thiazole rings is 1. The van der Waals surface area contributed by atoms with Crippen molar-refractivity contribution >= 4 is 34.3 Å². The molecule has 13 heavy (non-hydrogen) atoms. The number of nitrogens with zero attached hydrogens (tertiary/aromatic N) is 2. The molecule has 0 aromatic carbocycles. The van der Waals surface area contributed by atoms with Gasteiger partial charge in [-0.3, -0.25) is 14.9 Å². The van der Waals surface area contributed by atoms with Crippen molar-refractivity contribution in [3.05, 3.63) is 11.6 Å². The molecule has 6 nitrogen and oxygen atoms in total. The first-order chi connectivity index (χ1) is 6.20. The fourth-order valence-electron chi connectivity index (χ4n) is 0.900. The minimum Gasteiger partial charge on any atom is -0.269 e. The molecule has 1 fully saturated rings. The summed E-state index contributed by atoms with van der Waals surface area (Å²) >= 11 is 1.11. The Labute approximate surface area is 76.2 Å². The van der Waals surface area contributed by atoms with E-state index in [1.807, 2.05) is 5.32 Å². The number of imide groups is 2. The zero-order valence-corrected chi connectivity index (χ0v) is 7.00. The lowest BCUT2D eigenvalue weighted by atomic mass is 10.6. The molecule has 1 aromatic heterocycles. The largest absolute Gasteiger partial charge is 0.338 e. The van der Waals surface area contributed by atoms with Crippen molar-refractivity contribution in [1.82, 2.24) is 10.3 Å². The van der Waals surface area contributed by atoms with Gasteiger partial charge in [0, 0.05) is 11.6 Å². The molecule has 0 aliphatic carbocycles. The second kappa shape index (κ2) is 2.63. The molecule has 1 aliphatic heterocycles. The lowest BCUT2D eigenvalue weighted by Gasteiger charge is -2.04. The highest BCUT2D eigenvalue weighted by Crippen LogP contribution is 2.19. The van der Waals surface area contributed by atoms with E-state index in [1.54, 1.807) is 5.38 Å². The Hall–Kier alpha value is -1.76.